The summed E-state index contributed by atoms with van der Waals surface area (Å²) in [6, 6.07) is 0. The lowest BCUT2D eigenvalue weighted by atomic mass is 10.2. The number of esters is 1. The van der Waals surface area contributed by atoms with Gasteiger partial charge in [0.15, 0.2) is 5.13 Å². The summed E-state index contributed by atoms with van der Waals surface area (Å²) >= 11 is 1.42. The van der Waals surface area contributed by atoms with Gasteiger partial charge < -0.3 is 9.64 Å². The van der Waals surface area contributed by atoms with Crippen LogP contribution in [0.3, 0.4) is 0 Å². The van der Waals surface area contributed by atoms with E-state index in [0.717, 1.165) is 18.2 Å². The summed E-state index contributed by atoms with van der Waals surface area (Å²) in [5.41, 5.74) is 0. The number of hydrogen-bond acceptors (Lipinski definition) is 5. The first kappa shape index (κ1) is 11.4. The molecule has 1 saturated heterocycles. The van der Waals surface area contributed by atoms with Crippen LogP contribution in [-0.2, 0) is 4.74 Å². The molecule has 0 unspecified atom stereocenters. The largest absolute Gasteiger partial charge is 0.465 e. The Balaban J connectivity index is 2.08. The SMILES string of the molecule is COC(=O)c1cnc(N2CCCCCC2)s1. The van der Waals surface area contributed by atoms with E-state index in [1.54, 1.807) is 6.20 Å². The molecule has 1 aromatic rings. The molecule has 2 heterocycles. The van der Waals surface area contributed by atoms with Crippen LogP contribution in [0.25, 0.3) is 0 Å². The van der Waals surface area contributed by atoms with Crippen molar-refractivity contribution in [2.24, 2.45) is 0 Å². The molecule has 0 atom stereocenters. The van der Waals surface area contributed by atoms with Crippen molar-refractivity contribution in [3.05, 3.63) is 11.1 Å². The molecule has 0 N–H and O–H groups in total. The third-order valence-electron chi connectivity index (χ3n) is 2.76. The summed E-state index contributed by atoms with van der Waals surface area (Å²) < 4.78 is 4.67. The van der Waals surface area contributed by atoms with Crippen molar-refractivity contribution in [3.8, 4) is 0 Å². The van der Waals surface area contributed by atoms with E-state index in [1.807, 2.05) is 0 Å². The van der Waals surface area contributed by atoms with Gasteiger partial charge >= 0.3 is 5.97 Å². The molecule has 5 heteroatoms. The third kappa shape index (κ3) is 2.52. The Labute approximate surface area is 99.2 Å². The minimum Gasteiger partial charge on any atom is -0.465 e. The number of aromatic nitrogens is 1. The smallest absolute Gasteiger partial charge is 0.349 e. The van der Waals surface area contributed by atoms with Crippen LogP contribution in [0, 0.1) is 0 Å². The molecule has 1 aliphatic rings. The van der Waals surface area contributed by atoms with Crippen LogP contribution < -0.4 is 4.90 Å². The second kappa shape index (κ2) is 5.30. The van der Waals surface area contributed by atoms with Crippen LogP contribution in [0.5, 0.6) is 0 Å². The molecule has 2 rings (SSSR count). The topological polar surface area (TPSA) is 42.4 Å². The minimum absolute atomic E-state index is 0.293. The highest BCUT2D eigenvalue weighted by molar-refractivity contribution is 7.17. The zero-order chi connectivity index (χ0) is 11.4. The highest BCUT2D eigenvalue weighted by atomic mass is 32.1. The maximum atomic E-state index is 11.3. The Hall–Kier alpha value is -1.10. The van der Waals surface area contributed by atoms with Crippen LogP contribution in [0.2, 0.25) is 0 Å². The number of thiazole rings is 1. The van der Waals surface area contributed by atoms with Gasteiger partial charge in [0, 0.05) is 13.1 Å². The number of carbonyl (C=O) groups is 1. The van der Waals surface area contributed by atoms with Gasteiger partial charge in [-0.15, -0.1) is 0 Å². The van der Waals surface area contributed by atoms with Gasteiger partial charge in [0.05, 0.1) is 13.3 Å². The lowest BCUT2D eigenvalue weighted by Crippen LogP contribution is -2.23. The first-order chi connectivity index (χ1) is 7.81. The Morgan fingerprint density at radius 2 is 2.06 bits per heavy atom. The summed E-state index contributed by atoms with van der Waals surface area (Å²) in [5, 5.41) is 0.947. The molecule has 0 aliphatic carbocycles. The van der Waals surface area contributed by atoms with Crippen LogP contribution in [-0.4, -0.2) is 31.2 Å². The molecule has 4 nitrogen and oxygen atoms in total. The second-order valence-corrected chi connectivity index (χ2v) is 4.91. The van der Waals surface area contributed by atoms with Gasteiger partial charge in [-0.25, -0.2) is 9.78 Å². The van der Waals surface area contributed by atoms with E-state index in [2.05, 4.69) is 14.6 Å². The lowest BCUT2D eigenvalue weighted by molar-refractivity contribution is 0.0606. The molecule has 0 spiro atoms. The minimum atomic E-state index is -0.293. The van der Waals surface area contributed by atoms with Gasteiger partial charge in [0.2, 0.25) is 0 Å². The number of rotatable bonds is 2. The summed E-state index contributed by atoms with van der Waals surface area (Å²) in [5.74, 6) is -0.293. The Bertz CT molecular complexity index is 357. The molecule has 0 amide bonds. The molecule has 1 aliphatic heterocycles. The first-order valence-electron chi connectivity index (χ1n) is 5.60. The number of nitrogens with zero attached hydrogens (tertiary/aromatic N) is 2. The average molecular weight is 240 g/mol. The van der Waals surface area contributed by atoms with E-state index >= 15 is 0 Å². The van der Waals surface area contributed by atoms with Gasteiger partial charge in [-0.2, -0.15) is 0 Å². The summed E-state index contributed by atoms with van der Waals surface area (Å²) in [4.78, 5) is 18.5. The van der Waals surface area contributed by atoms with E-state index in [9.17, 15) is 4.79 Å². The van der Waals surface area contributed by atoms with E-state index in [-0.39, 0.29) is 5.97 Å². The first-order valence-corrected chi connectivity index (χ1v) is 6.42. The standard InChI is InChI=1S/C11H16N2O2S/c1-15-10(14)9-8-12-11(16-9)13-6-4-2-3-5-7-13/h8H,2-7H2,1H3. The van der Waals surface area contributed by atoms with E-state index < -0.39 is 0 Å². The monoisotopic (exact) mass is 240 g/mol. The summed E-state index contributed by atoms with van der Waals surface area (Å²) in [6.07, 6.45) is 6.63. The zero-order valence-electron chi connectivity index (χ0n) is 9.44. The lowest BCUT2D eigenvalue weighted by Gasteiger charge is -2.18. The Morgan fingerprint density at radius 3 is 2.69 bits per heavy atom. The summed E-state index contributed by atoms with van der Waals surface area (Å²) in [7, 11) is 1.40. The Morgan fingerprint density at radius 1 is 1.38 bits per heavy atom. The predicted octanol–water partition coefficient (Wildman–Crippen LogP) is 2.31. The van der Waals surface area contributed by atoms with E-state index in [0.29, 0.717) is 4.88 Å². The van der Waals surface area contributed by atoms with Gasteiger partial charge in [-0.05, 0) is 12.8 Å². The quantitative estimate of drug-likeness (QED) is 0.744. The highest BCUT2D eigenvalue weighted by Crippen LogP contribution is 2.25. The molecule has 16 heavy (non-hydrogen) atoms. The molecule has 0 radical (unpaired) electrons. The van der Waals surface area contributed by atoms with Crippen LogP contribution in [0.15, 0.2) is 6.20 Å². The van der Waals surface area contributed by atoms with Crippen molar-refractivity contribution in [1.29, 1.82) is 0 Å². The number of carbonyl (C=O) groups excluding carboxylic acids is 1. The van der Waals surface area contributed by atoms with Crippen molar-refractivity contribution in [3.63, 3.8) is 0 Å². The number of ether oxygens (including phenoxy) is 1. The average Bonchev–Trinajstić information content (AvgIpc) is 2.64. The number of anilines is 1. The van der Waals surface area contributed by atoms with Crippen LogP contribution >= 0.6 is 11.3 Å². The molecule has 0 aromatic carbocycles. The molecular formula is C11H16N2O2S. The highest BCUT2D eigenvalue weighted by Gasteiger charge is 2.16. The molecule has 0 saturated carbocycles. The van der Waals surface area contributed by atoms with Crippen molar-refractivity contribution in [2.45, 2.75) is 25.7 Å². The maximum absolute atomic E-state index is 11.3. The normalized spacial score (nSPS) is 16.9. The van der Waals surface area contributed by atoms with E-state index in [1.165, 1.54) is 44.1 Å². The fraction of sp³-hybridized carbons (Fsp3) is 0.636. The summed E-state index contributed by atoms with van der Waals surface area (Å²) in [6.45, 7) is 2.10. The zero-order valence-corrected chi connectivity index (χ0v) is 10.3. The fourth-order valence-corrected chi connectivity index (χ4v) is 2.75. The van der Waals surface area contributed by atoms with Crippen LogP contribution in [0.4, 0.5) is 5.13 Å². The second-order valence-electron chi connectivity index (χ2n) is 3.90. The van der Waals surface area contributed by atoms with Crippen molar-refractivity contribution < 1.29 is 9.53 Å². The van der Waals surface area contributed by atoms with E-state index in [4.69, 9.17) is 0 Å². The van der Waals surface area contributed by atoms with Gasteiger partial charge in [-0.3, -0.25) is 0 Å². The number of hydrogen-bond donors (Lipinski definition) is 0. The molecule has 1 fully saturated rings. The Kier molecular flexibility index (Phi) is 3.77. The molecule has 1 aromatic heterocycles. The van der Waals surface area contributed by atoms with Crippen molar-refractivity contribution >= 4 is 22.4 Å². The van der Waals surface area contributed by atoms with Gasteiger partial charge in [0.1, 0.15) is 4.88 Å². The molecular weight excluding hydrogens is 224 g/mol. The molecule has 88 valence electrons. The molecule has 0 bridgehead atoms. The predicted molar refractivity (Wildman–Crippen MR) is 64.1 cm³/mol. The van der Waals surface area contributed by atoms with Crippen molar-refractivity contribution in [2.75, 3.05) is 25.1 Å². The van der Waals surface area contributed by atoms with Crippen molar-refractivity contribution in [1.82, 2.24) is 4.98 Å². The number of methoxy groups -OCH3 is 1. The fourth-order valence-electron chi connectivity index (χ4n) is 1.87. The maximum Gasteiger partial charge on any atom is 0.349 e. The third-order valence-corrected chi connectivity index (χ3v) is 3.79. The van der Waals surface area contributed by atoms with Gasteiger partial charge in [-0.1, -0.05) is 24.2 Å². The van der Waals surface area contributed by atoms with Crippen LogP contribution in [0.1, 0.15) is 35.4 Å². The van der Waals surface area contributed by atoms with Gasteiger partial charge in [0.25, 0.3) is 0 Å².